The summed E-state index contributed by atoms with van der Waals surface area (Å²) in [6.45, 7) is 2.14. The van der Waals surface area contributed by atoms with Crippen molar-refractivity contribution in [2.75, 3.05) is 31.2 Å². The Morgan fingerprint density at radius 1 is 1.41 bits per heavy atom. The summed E-state index contributed by atoms with van der Waals surface area (Å²) >= 11 is 0. The van der Waals surface area contributed by atoms with Crippen molar-refractivity contribution in [2.24, 2.45) is 5.73 Å². The van der Waals surface area contributed by atoms with Gasteiger partial charge in [0, 0.05) is 13.1 Å². The van der Waals surface area contributed by atoms with E-state index in [1.54, 1.807) is 4.90 Å². The third-order valence-electron chi connectivity index (χ3n) is 2.49. The fourth-order valence-corrected chi connectivity index (χ4v) is 1.78. The lowest BCUT2D eigenvalue weighted by Crippen LogP contribution is -2.37. The number of halogens is 1. The Bertz CT molecular complexity index is 419. The van der Waals surface area contributed by atoms with Crippen LogP contribution in [0.1, 0.15) is 0 Å². The van der Waals surface area contributed by atoms with Gasteiger partial charge in [0.2, 0.25) is 0 Å². The Kier molecular flexibility index (Phi) is 3.43. The number of ether oxygens (including phenoxy) is 2. The van der Waals surface area contributed by atoms with Crippen molar-refractivity contribution in [3.8, 4) is 5.75 Å². The van der Waals surface area contributed by atoms with Gasteiger partial charge in [-0.25, -0.2) is 9.18 Å². The molecule has 0 aromatic heterocycles. The number of anilines is 1. The highest BCUT2D eigenvalue weighted by atomic mass is 19.1. The zero-order valence-corrected chi connectivity index (χ0v) is 9.19. The summed E-state index contributed by atoms with van der Waals surface area (Å²) in [5.41, 5.74) is 5.21. The highest BCUT2D eigenvalue weighted by Crippen LogP contribution is 2.31. The van der Waals surface area contributed by atoms with Crippen molar-refractivity contribution in [1.82, 2.24) is 0 Å². The molecular weight excluding hydrogens is 227 g/mol. The predicted molar refractivity (Wildman–Crippen MR) is 59.6 cm³/mol. The molecule has 0 radical (unpaired) electrons. The standard InChI is InChI=1S/C11H13FN2O3/c12-8-2-1-3-9(17-11(13)15)10(8)14-4-6-16-7-5-14/h1-3H,4-7H2,(H2,13,15). The van der Waals surface area contributed by atoms with Gasteiger partial charge in [-0.2, -0.15) is 0 Å². The molecule has 0 saturated carbocycles. The summed E-state index contributed by atoms with van der Waals surface area (Å²) in [5.74, 6) is -0.301. The average molecular weight is 240 g/mol. The lowest BCUT2D eigenvalue weighted by molar-refractivity contribution is 0.122. The molecule has 1 aromatic carbocycles. The molecule has 0 spiro atoms. The number of hydrogen-bond acceptors (Lipinski definition) is 4. The Hall–Kier alpha value is -1.82. The van der Waals surface area contributed by atoms with Crippen molar-refractivity contribution in [3.05, 3.63) is 24.0 Å². The molecule has 1 aromatic rings. The number of hydrogen-bond donors (Lipinski definition) is 1. The Balaban J connectivity index is 2.31. The first kappa shape index (κ1) is 11.7. The van der Waals surface area contributed by atoms with E-state index in [1.165, 1.54) is 18.2 Å². The molecule has 1 aliphatic rings. The normalized spacial score (nSPS) is 15.7. The summed E-state index contributed by atoms with van der Waals surface area (Å²) in [7, 11) is 0. The first-order valence-corrected chi connectivity index (χ1v) is 5.27. The third kappa shape index (κ3) is 2.65. The minimum absolute atomic E-state index is 0.138. The smallest absolute Gasteiger partial charge is 0.408 e. The molecular formula is C11H13FN2O3. The lowest BCUT2D eigenvalue weighted by Gasteiger charge is -2.30. The first-order chi connectivity index (χ1) is 8.18. The summed E-state index contributed by atoms with van der Waals surface area (Å²) in [6.07, 6.45) is -0.954. The molecule has 5 nitrogen and oxygen atoms in total. The highest BCUT2D eigenvalue weighted by molar-refractivity contribution is 5.72. The van der Waals surface area contributed by atoms with Crippen LogP contribution >= 0.6 is 0 Å². The molecule has 6 heteroatoms. The van der Waals surface area contributed by atoms with E-state index in [0.717, 1.165) is 0 Å². The molecule has 1 heterocycles. The number of nitrogens with zero attached hydrogens (tertiary/aromatic N) is 1. The molecule has 92 valence electrons. The van der Waals surface area contributed by atoms with Crippen LogP contribution in [0.15, 0.2) is 18.2 Å². The maximum atomic E-state index is 13.8. The molecule has 1 amide bonds. The van der Waals surface area contributed by atoms with E-state index in [-0.39, 0.29) is 11.4 Å². The monoisotopic (exact) mass is 240 g/mol. The molecule has 0 unspecified atom stereocenters. The van der Waals surface area contributed by atoms with Crippen LogP contribution in [-0.2, 0) is 4.74 Å². The largest absolute Gasteiger partial charge is 0.410 e. The second-order valence-corrected chi connectivity index (χ2v) is 3.61. The zero-order valence-electron chi connectivity index (χ0n) is 9.19. The summed E-state index contributed by atoms with van der Waals surface area (Å²) in [5, 5.41) is 0. The van der Waals surface area contributed by atoms with Gasteiger partial charge in [0.15, 0.2) is 5.75 Å². The fraction of sp³-hybridized carbons (Fsp3) is 0.364. The second-order valence-electron chi connectivity index (χ2n) is 3.61. The Labute approximate surface area is 97.9 Å². The minimum atomic E-state index is -0.954. The minimum Gasteiger partial charge on any atom is -0.408 e. The predicted octanol–water partition coefficient (Wildman–Crippen LogP) is 1.12. The summed E-state index contributed by atoms with van der Waals surface area (Å²) in [6, 6.07) is 4.30. The van der Waals surface area contributed by atoms with Crippen LogP contribution in [0.25, 0.3) is 0 Å². The third-order valence-corrected chi connectivity index (χ3v) is 2.49. The van der Waals surface area contributed by atoms with E-state index in [0.29, 0.717) is 26.3 Å². The van der Waals surface area contributed by atoms with Crippen LogP contribution in [0.4, 0.5) is 14.9 Å². The van der Waals surface area contributed by atoms with E-state index in [9.17, 15) is 9.18 Å². The Morgan fingerprint density at radius 3 is 2.76 bits per heavy atom. The van der Waals surface area contributed by atoms with Crippen molar-refractivity contribution in [1.29, 1.82) is 0 Å². The van der Waals surface area contributed by atoms with E-state index in [1.807, 2.05) is 0 Å². The average Bonchev–Trinajstić information content (AvgIpc) is 2.29. The fourth-order valence-electron chi connectivity index (χ4n) is 1.78. The lowest BCUT2D eigenvalue weighted by atomic mass is 10.2. The number of carbonyl (C=O) groups excluding carboxylic acids is 1. The van der Waals surface area contributed by atoms with Gasteiger partial charge in [-0.3, -0.25) is 0 Å². The molecule has 17 heavy (non-hydrogen) atoms. The van der Waals surface area contributed by atoms with Crippen LogP contribution in [-0.4, -0.2) is 32.4 Å². The molecule has 2 N–H and O–H groups in total. The topological polar surface area (TPSA) is 64.8 Å². The number of amides is 1. The van der Waals surface area contributed by atoms with Crippen molar-refractivity contribution < 1.29 is 18.7 Å². The molecule has 1 fully saturated rings. The number of morpholine rings is 1. The van der Waals surface area contributed by atoms with E-state index < -0.39 is 11.9 Å². The zero-order chi connectivity index (χ0) is 12.3. The number of primary amides is 1. The molecule has 0 atom stereocenters. The van der Waals surface area contributed by atoms with Crippen LogP contribution in [0, 0.1) is 5.82 Å². The number of benzene rings is 1. The van der Waals surface area contributed by atoms with Gasteiger partial charge in [0.1, 0.15) is 11.5 Å². The van der Waals surface area contributed by atoms with Crippen LogP contribution < -0.4 is 15.4 Å². The van der Waals surface area contributed by atoms with Crippen molar-refractivity contribution in [2.45, 2.75) is 0 Å². The van der Waals surface area contributed by atoms with Gasteiger partial charge >= 0.3 is 6.09 Å². The van der Waals surface area contributed by atoms with Gasteiger partial charge in [0.05, 0.1) is 13.2 Å². The van der Waals surface area contributed by atoms with Crippen LogP contribution in [0.2, 0.25) is 0 Å². The van der Waals surface area contributed by atoms with Gasteiger partial charge in [-0.1, -0.05) is 6.07 Å². The van der Waals surface area contributed by atoms with E-state index in [4.69, 9.17) is 15.2 Å². The second kappa shape index (κ2) is 5.01. The van der Waals surface area contributed by atoms with Crippen LogP contribution in [0.3, 0.4) is 0 Å². The summed E-state index contributed by atoms with van der Waals surface area (Å²) in [4.78, 5) is 12.5. The van der Waals surface area contributed by atoms with Crippen LogP contribution in [0.5, 0.6) is 5.75 Å². The van der Waals surface area contributed by atoms with E-state index >= 15 is 0 Å². The number of rotatable bonds is 2. The number of nitrogens with two attached hydrogens (primary N) is 1. The first-order valence-electron chi connectivity index (χ1n) is 5.27. The highest BCUT2D eigenvalue weighted by Gasteiger charge is 2.20. The Morgan fingerprint density at radius 2 is 2.12 bits per heavy atom. The molecule has 0 aliphatic carbocycles. The molecule has 1 aliphatic heterocycles. The van der Waals surface area contributed by atoms with Gasteiger partial charge in [0.25, 0.3) is 0 Å². The summed E-state index contributed by atoms with van der Waals surface area (Å²) < 4.78 is 23.8. The van der Waals surface area contributed by atoms with E-state index in [2.05, 4.69) is 0 Å². The SMILES string of the molecule is NC(=O)Oc1cccc(F)c1N1CCOCC1. The van der Waals surface area contributed by atoms with Gasteiger partial charge in [-0.05, 0) is 12.1 Å². The molecule has 2 rings (SSSR count). The van der Waals surface area contributed by atoms with Gasteiger partial charge in [-0.15, -0.1) is 0 Å². The van der Waals surface area contributed by atoms with Crippen molar-refractivity contribution in [3.63, 3.8) is 0 Å². The quantitative estimate of drug-likeness (QED) is 0.841. The molecule has 0 bridgehead atoms. The number of carbonyl (C=O) groups is 1. The maximum absolute atomic E-state index is 13.8. The maximum Gasteiger partial charge on any atom is 0.410 e. The van der Waals surface area contributed by atoms with Crippen molar-refractivity contribution >= 4 is 11.8 Å². The molecule has 1 saturated heterocycles. The van der Waals surface area contributed by atoms with Gasteiger partial charge < -0.3 is 20.1 Å². The number of para-hydroxylation sites is 1.